The van der Waals surface area contributed by atoms with E-state index in [-0.39, 0.29) is 38.5 Å². The van der Waals surface area contributed by atoms with Crippen molar-refractivity contribution in [2.75, 3.05) is 32.7 Å². The molecule has 0 saturated carbocycles. The summed E-state index contributed by atoms with van der Waals surface area (Å²) in [6, 6.07) is 6.69. The largest absolute Gasteiger partial charge is 0.480 e. The van der Waals surface area contributed by atoms with Gasteiger partial charge in [-0.25, -0.2) is 4.79 Å². The summed E-state index contributed by atoms with van der Waals surface area (Å²) in [6.07, 6.45) is 9.44. The van der Waals surface area contributed by atoms with Crippen molar-refractivity contribution in [1.82, 2.24) is 41.9 Å². The third-order valence-corrected chi connectivity index (χ3v) is 13.1. The molecule has 0 spiro atoms. The fourth-order valence-electron chi connectivity index (χ4n) is 8.77. The topological polar surface area (TPSA) is 400 Å². The van der Waals surface area contributed by atoms with Crippen LogP contribution >= 0.6 is 0 Å². The molecule has 2 aromatic carbocycles. The van der Waals surface area contributed by atoms with Crippen LogP contribution in [0.15, 0.2) is 60.9 Å². The van der Waals surface area contributed by atoms with Crippen molar-refractivity contribution in [3.8, 4) is 0 Å². The number of aromatic amines is 2. The van der Waals surface area contributed by atoms with Crippen LogP contribution in [0.1, 0.15) is 107 Å². The van der Waals surface area contributed by atoms with Gasteiger partial charge in [0.1, 0.15) is 36.3 Å². The van der Waals surface area contributed by atoms with Crippen molar-refractivity contribution in [2.45, 2.75) is 151 Å². The fraction of sp³-hybridized carbons (Fsp3) is 0.558. The summed E-state index contributed by atoms with van der Waals surface area (Å²) in [5.74, 6) is -5.27. The van der Waals surface area contributed by atoms with Crippen LogP contribution in [0.4, 0.5) is 0 Å². The average molecular weight is 1030 g/mol. The number of hydrogen-bond acceptors (Lipinski definition) is 13. The first-order valence-corrected chi connectivity index (χ1v) is 26.2. The number of carbonyl (C=O) groups excluding carboxylic acids is 6. The Labute approximate surface area is 433 Å². The summed E-state index contributed by atoms with van der Waals surface area (Å²) >= 11 is 0. The molecule has 0 bridgehead atoms. The molecular weight excluding hydrogens is 949 g/mol. The van der Waals surface area contributed by atoms with E-state index in [1.165, 1.54) is 0 Å². The van der Waals surface area contributed by atoms with Crippen LogP contribution in [0.5, 0.6) is 0 Å². The van der Waals surface area contributed by atoms with E-state index in [4.69, 9.17) is 34.4 Å². The van der Waals surface area contributed by atoms with Gasteiger partial charge in [-0.3, -0.25) is 28.8 Å². The van der Waals surface area contributed by atoms with E-state index in [0.29, 0.717) is 109 Å². The number of carboxylic acid groups (broad SMARTS) is 1. The molecule has 22 heteroatoms. The van der Waals surface area contributed by atoms with Crippen molar-refractivity contribution in [1.29, 1.82) is 0 Å². The number of unbranched alkanes of at least 4 members (excludes halogenated alkanes) is 5. The second-order valence-corrected chi connectivity index (χ2v) is 18.9. The van der Waals surface area contributed by atoms with Crippen molar-refractivity contribution in [3.05, 3.63) is 72.1 Å². The lowest BCUT2D eigenvalue weighted by atomic mass is 10.0. The van der Waals surface area contributed by atoms with Gasteiger partial charge in [0.25, 0.3) is 0 Å². The Morgan fingerprint density at radius 2 is 0.703 bits per heavy atom. The van der Waals surface area contributed by atoms with Crippen LogP contribution in [-0.4, -0.2) is 132 Å². The molecule has 74 heavy (non-hydrogen) atoms. The Hall–Kier alpha value is -6.43. The number of fused-ring (bicyclic) bond motifs is 2. The molecule has 7 atom stereocenters. The SMILES string of the molecule is NCCCC[C@H](NC(=O)[C@H](CCCCN)NC(=O)[C@H](Cc1c[nH]c2ccccc12)NC(=O)[C@H](CCCCN)NC(=O)[C@H](CCCCN)NC(=O)[C@H](Cc1c[nH]c2ccccc12)NC(=O)[C@@H](N)CCCCN)C(=O)O. The molecule has 0 aliphatic carbocycles. The number of hydrogen-bond donors (Lipinski definition) is 15. The molecule has 0 saturated heterocycles. The predicted octanol–water partition coefficient (Wildman–Crippen LogP) is 0.400. The van der Waals surface area contributed by atoms with Gasteiger partial charge in [-0.05, 0) is 146 Å². The van der Waals surface area contributed by atoms with E-state index < -0.39 is 83.7 Å². The van der Waals surface area contributed by atoms with E-state index >= 15 is 0 Å². The average Bonchev–Trinajstić information content (AvgIpc) is 4.00. The zero-order chi connectivity index (χ0) is 53.8. The highest BCUT2D eigenvalue weighted by atomic mass is 16.4. The van der Waals surface area contributed by atoms with Gasteiger partial charge in [-0.15, -0.1) is 0 Å². The summed E-state index contributed by atoms with van der Waals surface area (Å²) in [7, 11) is 0. The standard InChI is InChI=1S/C52H82N14O8/c53-24-10-5-17-37(58)46(67)65-44(29-33-31-59-38-18-3-1-15-35(33)38)50(71)62-40(20-6-11-25-54)47(68)61-42(22-8-13-27-56)49(70)66-45(30-34-32-60-39-19-4-2-16-36(34)39)51(72)63-41(21-7-12-26-55)48(69)64-43(52(73)74)23-9-14-28-57/h1-4,15-16,18-19,31-32,37,40-45,59-60H,5-14,17,20-30,53-58H2,(H,61,68)(H,62,71)(H,63,72)(H,64,69)(H,65,67)(H,66,70)(H,73,74)/t37-,40-,41-,42-,43-,44-,45-/m0/s1. The third-order valence-electron chi connectivity index (χ3n) is 13.1. The number of nitrogens with two attached hydrogens (primary N) is 6. The van der Waals surface area contributed by atoms with Gasteiger partial charge in [-0.1, -0.05) is 42.8 Å². The second-order valence-electron chi connectivity index (χ2n) is 18.9. The van der Waals surface area contributed by atoms with Gasteiger partial charge >= 0.3 is 5.97 Å². The monoisotopic (exact) mass is 1030 g/mol. The Kier molecular flexibility index (Phi) is 26.6. The van der Waals surface area contributed by atoms with Crippen molar-refractivity contribution >= 4 is 63.2 Å². The number of aliphatic carboxylic acids is 1. The first-order valence-electron chi connectivity index (χ1n) is 26.2. The molecule has 2 heterocycles. The van der Waals surface area contributed by atoms with E-state index in [1.54, 1.807) is 12.4 Å². The van der Waals surface area contributed by atoms with Gasteiger partial charge < -0.3 is 81.4 Å². The van der Waals surface area contributed by atoms with Gasteiger partial charge in [-0.2, -0.15) is 0 Å². The van der Waals surface area contributed by atoms with Crippen LogP contribution in [0.2, 0.25) is 0 Å². The van der Waals surface area contributed by atoms with Gasteiger partial charge in [0.05, 0.1) is 6.04 Å². The molecule has 0 aliphatic heterocycles. The number of aromatic nitrogens is 2. The summed E-state index contributed by atoms with van der Waals surface area (Å²) in [5, 5.41) is 28.3. The second kappa shape index (κ2) is 32.7. The van der Waals surface area contributed by atoms with Crippen molar-refractivity contribution in [3.63, 3.8) is 0 Å². The molecule has 21 N–H and O–H groups in total. The molecule has 6 amide bonds. The normalized spacial score (nSPS) is 14.2. The minimum atomic E-state index is -1.31. The number of carboxylic acids is 1. The summed E-state index contributed by atoms with van der Waals surface area (Å²) in [4.78, 5) is 104. The summed E-state index contributed by atoms with van der Waals surface area (Å²) in [6.45, 7) is 1.73. The molecule has 0 fully saturated rings. The van der Waals surface area contributed by atoms with Crippen molar-refractivity contribution < 1.29 is 38.7 Å². The Morgan fingerprint density at radius 3 is 1.07 bits per heavy atom. The van der Waals surface area contributed by atoms with E-state index in [2.05, 4.69) is 41.9 Å². The lowest BCUT2D eigenvalue weighted by Crippen LogP contribution is -2.60. The highest BCUT2D eigenvalue weighted by molar-refractivity contribution is 5.98. The molecule has 2 aromatic heterocycles. The molecule has 4 rings (SSSR count). The van der Waals surface area contributed by atoms with Gasteiger partial charge in [0.15, 0.2) is 0 Å². The number of H-pyrrole nitrogens is 2. The number of amides is 6. The van der Waals surface area contributed by atoms with Crippen molar-refractivity contribution in [2.24, 2.45) is 34.4 Å². The number of benzene rings is 2. The molecule has 0 aliphatic rings. The lowest BCUT2D eigenvalue weighted by molar-refractivity contribution is -0.142. The van der Waals surface area contributed by atoms with E-state index in [9.17, 15) is 38.7 Å². The number of para-hydroxylation sites is 2. The Balaban J connectivity index is 1.64. The minimum absolute atomic E-state index is 0.0446. The van der Waals surface area contributed by atoms with Crippen LogP contribution in [0, 0.1) is 0 Å². The van der Waals surface area contributed by atoms with Crippen LogP contribution < -0.4 is 66.3 Å². The number of carbonyl (C=O) groups is 7. The fourth-order valence-corrected chi connectivity index (χ4v) is 8.77. The molecular formula is C52H82N14O8. The molecule has 4 aromatic rings. The smallest absolute Gasteiger partial charge is 0.326 e. The molecule has 408 valence electrons. The van der Waals surface area contributed by atoms with E-state index in [0.717, 1.165) is 27.4 Å². The lowest BCUT2D eigenvalue weighted by Gasteiger charge is -2.28. The first-order chi connectivity index (χ1) is 35.7. The summed E-state index contributed by atoms with van der Waals surface area (Å²) < 4.78 is 0. The first kappa shape index (κ1) is 60.1. The maximum Gasteiger partial charge on any atom is 0.326 e. The zero-order valence-electron chi connectivity index (χ0n) is 42.6. The van der Waals surface area contributed by atoms with Crippen LogP contribution in [-0.2, 0) is 46.4 Å². The van der Waals surface area contributed by atoms with Crippen LogP contribution in [0.25, 0.3) is 21.8 Å². The highest BCUT2D eigenvalue weighted by Gasteiger charge is 2.34. The maximum absolute atomic E-state index is 14.6. The minimum Gasteiger partial charge on any atom is -0.480 e. The number of rotatable bonds is 37. The highest BCUT2D eigenvalue weighted by Crippen LogP contribution is 2.21. The number of nitrogens with one attached hydrogen (secondary N) is 8. The van der Waals surface area contributed by atoms with Crippen LogP contribution in [0.3, 0.4) is 0 Å². The Morgan fingerprint density at radius 1 is 0.405 bits per heavy atom. The summed E-state index contributed by atoms with van der Waals surface area (Å²) in [5.41, 5.74) is 38.1. The maximum atomic E-state index is 14.6. The Bertz CT molecular complexity index is 2390. The van der Waals surface area contributed by atoms with E-state index in [1.807, 2.05) is 48.5 Å². The van der Waals surface area contributed by atoms with Gasteiger partial charge in [0, 0.05) is 47.0 Å². The third kappa shape index (κ3) is 19.4. The quantitative estimate of drug-likeness (QED) is 0.0272. The molecule has 0 radical (unpaired) electrons. The molecule has 22 nitrogen and oxygen atoms in total. The predicted molar refractivity (Wildman–Crippen MR) is 286 cm³/mol. The molecule has 0 unspecified atom stereocenters. The zero-order valence-corrected chi connectivity index (χ0v) is 42.6. The van der Waals surface area contributed by atoms with Gasteiger partial charge in [0.2, 0.25) is 35.4 Å².